The molecule has 0 spiro atoms. The molecule has 3 amide bonds. The summed E-state index contributed by atoms with van der Waals surface area (Å²) in [6, 6.07) is 4.62. The summed E-state index contributed by atoms with van der Waals surface area (Å²) in [5.74, 6) is -0.989. The maximum Gasteiger partial charge on any atom is 0.342 e. The standard InChI is InChI=1S/C18H24N2O5/c1-11-8-9-15(24-3)14(10-11)17(22)25-12(2)16(21)20-18(23)19-13-6-4-5-7-13/h8-10,12-13H,4-7H2,1-3H3,(H2,19,20,21,23)/t12-/m1/s1. The van der Waals surface area contributed by atoms with Crippen LogP contribution in [-0.2, 0) is 9.53 Å². The molecule has 0 unspecified atom stereocenters. The molecule has 136 valence electrons. The van der Waals surface area contributed by atoms with E-state index in [1.54, 1.807) is 18.2 Å². The molecule has 1 atom stereocenters. The van der Waals surface area contributed by atoms with Crippen LogP contribution in [0.15, 0.2) is 18.2 Å². The van der Waals surface area contributed by atoms with Crippen LogP contribution in [0.3, 0.4) is 0 Å². The summed E-state index contributed by atoms with van der Waals surface area (Å²) in [5.41, 5.74) is 1.10. The number of imide groups is 1. The fraction of sp³-hybridized carbons (Fsp3) is 0.500. The van der Waals surface area contributed by atoms with Crippen LogP contribution in [0.2, 0.25) is 0 Å². The van der Waals surface area contributed by atoms with E-state index < -0.39 is 24.0 Å². The van der Waals surface area contributed by atoms with Gasteiger partial charge in [0.05, 0.1) is 7.11 Å². The number of aryl methyl sites for hydroxylation is 1. The van der Waals surface area contributed by atoms with Crippen LogP contribution in [-0.4, -0.2) is 37.2 Å². The Morgan fingerprint density at radius 3 is 2.52 bits per heavy atom. The third-order valence-electron chi connectivity index (χ3n) is 4.16. The van der Waals surface area contributed by atoms with Gasteiger partial charge in [0.25, 0.3) is 5.91 Å². The van der Waals surface area contributed by atoms with Gasteiger partial charge in [0.2, 0.25) is 0 Å². The van der Waals surface area contributed by atoms with Crippen molar-refractivity contribution in [1.29, 1.82) is 0 Å². The second-order valence-electron chi connectivity index (χ2n) is 6.20. The lowest BCUT2D eigenvalue weighted by atomic mass is 10.1. The minimum Gasteiger partial charge on any atom is -0.496 e. The first-order valence-electron chi connectivity index (χ1n) is 8.37. The number of urea groups is 1. The Kier molecular flexibility index (Phi) is 6.38. The van der Waals surface area contributed by atoms with Gasteiger partial charge in [0, 0.05) is 6.04 Å². The molecule has 1 aromatic rings. The van der Waals surface area contributed by atoms with Crippen LogP contribution >= 0.6 is 0 Å². The van der Waals surface area contributed by atoms with Gasteiger partial charge in [-0.2, -0.15) is 0 Å². The van der Waals surface area contributed by atoms with E-state index >= 15 is 0 Å². The highest BCUT2D eigenvalue weighted by Gasteiger charge is 2.24. The van der Waals surface area contributed by atoms with Crippen LogP contribution in [0, 0.1) is 6.92 Å². The summed E-state index contributed by atoms with van der Waals surface area (Å²) in [6.07, 6.45) is 2.88. The number of esters is 1. The Morgan fingerprint density at radius 1 is 1.20 bits per heavy atom. The van der Waals surface area contributed by atoms with Crippen molar-refractivity contribution < 1.29 is 23.9 Å². The number of nitrogens with one attached hydrogen (secondary N) is 2. The first-order valence-corrected chi connectivity index (χ1v) is 8.37. The van der Waals surface area contributed by atoms with Crippen molar-refractivity contribution in [2.45, 2.75) is 51.7 Å². The number of ether oxygens (including phenoxy) is 2. The lowest BCUT2D eigenvalue weighted by Crippen LogP contribution is -2.47. The number of methoxy groups -OCH3 is 1. The van der Waals surface area contributed by atoms with Crippen molar-refractivity contribution in [2.75, 3.05) is 7.11 Å². The summed E-state index contributed by atoms with van der Waals surface area (Å²) in [4.78, 5) is 36.1. The molecule has 0 aromatic heterocycles. The molecule has 0 heterocycles. The smallest absolute Gasteiger partial charge is 0.342 e. The Morgan fingerprint density at radius 2 is 1.88 bits per heavy atom. The molecule has 0 aliphatic heterocycles. The van der Waals surface area contributed by atoms with Crippen molar-refractivity contribution in [3.05, 3.63) is 29.3 Å². The van der Waals surface area contributed by atoms with E-state index in [1.165, 1.54) is 14.0 Å². The van der Waals surface area contributed by atoms with Crippen LogP contribution in [0.25, 0.3) is 0 Å². The second-order valence-corrected chi connectivity index (χ2v) is 6.20. The Balaban J connectivity index is 1.90. The molecule has 2 N–H and O–H groups in total. The average molecular weight is 348 g/mol. The van der Waals surface area contributed by atoms with E-state index in [0.29, 0.717) is 5.75 Å². The number of hydrogen-bond donors (Lipinski definition) is 2. The molecule has 7 heteroatoms. The van der Waals surface area contributed by atoms with Gasteiger partial charge < -0.3 is 14.8 Å². The summed E-state index contributed by atoms with van der Waals surface area (Å²) in [6.45, 7) is 3.25. The Labute approximate surface area is 147 Å². The summed E-state index contributed by atoms with van der Waals surface area (Å²) < 4.78 is 10.3. The van der Waals surface area contributed by atoms with Crippen molar-refractivity contribution >= 4 is 17.9 Å². The molecule has 1 aliphatic carbocycles. The molecule has 1 aromatic carbocycles. The van der Waals surface area contributed by atoms with Gasteiger partial charge in [-0.25, -0.2) is 9.59 Å². The average Bonchev–Trinajstić information content (AvgIpc) is 3.07. The largest absolute Gasteiger partial charge is 0.496 e. The molecule has 0 saturated heterocycles. The molecular formula is C18H24N2O5. The molecule has 1 aliphatic rings. The van der Waals surface area contributed by atoms with Gasteiger partial charge in [-0.3, -0.25) is 10.1 Å². The van der Waals surface area contributed by atoms with Crippen molar-refractivity contribution in [1.82, 2.24) is 10.6 Å². The maximum absolute atomic E-state index is 12.3. The number of hydrogen-bond acceptors (Lipinski definition) is 5. The van der Waals surface area contributed by atoms with Crippen molar-refractivity contribution in [2.24, 2.45) is 0 Å². The van der Waals surface area contributed by atoms with Gasteiger partial charge in [-0.15, -0.1) is 0 Å². The number of amides is 3. The molecule has 7 nitrogen and oxygen atoms in total. The van der Waals surface area contributed by atoms with E-state index in [0.717, 1.165) is 31.2 Å². The minimum absolute atomic E-state index is 0.0993. The number of carbonyl (C=O) groups is 3. The van der Waals surface area contributed by atoms with Crippen molar-refractivity contribution in [3.8, 4) is 5.75 Å². The third-order valence-corrected chi connectivity index (χ3v) is 4.16. The quantitative estimate of drug-likeness (QED) is 0.797. The van der Waals surface area contributed by atoms with Gasteiger partial charge in [-0.05, 0) is 38.8 Å². The SMILES string of the molecule is COc1ccc(C)cc1C(=O)O[C@H](C)C(=O)NC(=O)NC1CCCC1. The minimum atomic E-state index is -1.10. The zero-order valence-corrected chi connectivity index (χ0v) is 14.8. The molecule has 1 fully saturated rings. The summed E-state index contributed by atoms with van der Waals surface area (Å²) >= 11 is 0. The Hall–Kier alpha value is -2.57. The molecule has 0 bridgehead atoms. The topological polar surface area (TPSA) is 93.7 Å². The molecule has 0 radical (unpaired) electrons. The molecule has 2 rings (SSSR count). The zero-order valence-electron chi connectivity index (χ0n) is 14.8. The van der Waals surface area contributed by atoms with Gasteiger partial charge >= 0.3 is 12.0 Å². The highest BCUT2D eigenvalue weighted by Crippen LogP contribution is 2.21. The maximum atomic E-state index is 12.3. The van der Waals surface area contributed by atoms with E-state index in [1.807, 2.05) is 6.92 Å². The van der Waals surface area contributed by atoms with E-state index in [2.05, 4.69) is 10.6 Å². The van der Waals surface area contributed by atoms with Crippen LogP contribution in [0.1, 0.15) is 48.5 Å². The molecule has 25 heavy (non-hydrogen) atoms. The highest BCUT2D eigenvalue weighted by molar-refractivity contribution is 5.99. The van der Waals surface area contributed by atoms with E-state index in [-0.39, 0.29) is 11.6 Å². The summed E-state index contributed by atoms with van der Waals surface area (Å²) in [7, 11) is 1.45. The monoisotopic (exact) mass is 348 g/mol. The van der Waals surface area contributed by atoms with E-state index in [4.69, 9.17) is 9.47 Å². The number of benzene rings is 1. The lowest BCUT2D eigenvalue weighted by Gasteiger charge is -2.16. The van der Waals surface area contributed by atoms with Crippen LogP contribution in [0.5, 0.6) is 5.75 Å². The molecule has 1 saturated carbocycles. The fourth-order valence-corrected chi connectivity index (χ4v) is 2.76. The predicted octanol–water partition coefficient (Wildman–Crippen LogP) is 2.32. The van der Waals surface area contributed by atoms with Crippen LogP contribution in [0.4, 0.5) is 4.79 Å². The van der Waals surface area contributed by atoms with Gasteiger partial charge in [0.1, 0.15) is 11.3 Å². The number of rotatable bonds is 5. The normalized spacial score (nSPS) is 15.3. The second kappa shape index (κ2) is 8.50. The Bertz CT molecular complexity index is 653. The predicted molar refractivity (Wildman–Crippen MR) is 91.5 cm³/mol. The zero-order chi connectivity index (χ0) is 18.4. The first kappa shape index (κ1) is 18.8. The first-order chi connectivity index (χ1) is 11.9. The van der Waals surface area contributed by atoms with Gasteiger partial charge in [0.15, 0.2) is 6.10 Å². The van der Waals surface area contributed by atoms with Gasteiger partial charge in [-0.1, -0.05) is 24.5 Å². The summed E-state index contributed by atoms with van der Waals surface area (Å²) in [5, 5.41) is 4.95. The number of carbonyl (C=O) groups excluding carboxylic acids is 3. The van der Waals surface area contributed by atoms with Crippen molar-refractivity contribution in [3.63, 3.8) is 0 Å². The lowest BCUT2D eigenvalue weighted by molar-refractivity contribution is -0.127. The molecular weight excluding hydrogens is 324 g/mol. The third kappa shape index (κ3) is 5.20. The fourth-order valence-electron chi connectivity index (χ4n) is 2.76. The highest BCUT2D eigenvalue weighted by atomic mass is 16.5. The van der Waals surface area contributed by atoms with E-state index in [9.17, 15) is 14.4 Å². The van der Waals surface area contributed by atoms with Crippen LogP contribution < -0.4 is 15.4 Å².